The van der Waals surface area contributed by atoms with Gasteiger partial charge in [-0.3, -0.25) is 9.59 Å². The van der Waals surface area contributed by atoms with E-state index in [9.17, 15) is 9.59 Å². The van der Waals surface area contributed by atoms with Crippen molar-refractivity contribution in [1.29, 1.82) is 0 Å². The Hall–Kier alpha value is -1.84. The summed E-state index contributed by atoms with van der Waals surface area (Å²) in [4.78, 5) is 25.6. The van der Waals surface area contributed by atoms with Gasteiger partial charge in [-0.05, 0) is 74.5 Å². The molecule has 27 heavy (non-hydrogen) atoms. The molecular weight excluding hydrogens is 338 g/mol. The molecule has 0 unspecified atom stereocenters. The first-order valence-electron chi connectivity index (χ1n) is 10.6. The molecule has 5 aliphatic carbocycles. The summed E-state index contributed by atoms with van der Waals surface area (Å²) in [6.45, 7) is 0. The smallest absolute Gasteiger partial charge is 0.307 e. The van der Waals surface area contributed by atoms with Gasteiger partial charge in [-0.1, -0.05) is 30.3 Å². The Morgan fingerprint density at radius 1 is 1.00 bits per heavy atom. The molecule has 0 heterocycles. The Morgan fingerprint density at radius 2 is 1.59 bits per heavy atom. The van der Waals surface area contributed by atoms with E-state index in [-0.39, 0.29) is 23.3 Å². The van der Waals surface area contributed by atoms with E-state index in [1.54, 1.807) is 0 Å². The van der Waals surface area contributed by atoms with Crippen LogP contribution in [-0.4, -0.2) is 17.9 Å². The van der Waals surface area contributed by atoms with Crippen LogP contribution in [0, 0.1) is 23.2 Å². The predicted octanol–water partition coefficient (Wildman–Crippen LogP) is 4.16. The molecule has 0 aromatic heterocycles. The van der Waals surface area contributed by atoms with Crippen LogP contribution in [0.1, 0.15) is 69.5 Å². The first-order chi connectivity index (χ1) is 13.1. The number of carbonyl (C=O) groups is 2. The summed E-state index contributed by atoms with van der Waals surface area (Å²) >= 11 is 0. The highest BCUT2D eigenvalue weighted by molar-refractivity contribution is 5.85. The fourth-order valence-corrected chi connectivity index (χ4v) is 6.39. The number of esters is 1. The average molecular weight is 367 g/mol. The predicted molar refractivity (Wildman–Crippen MR) is 102 cm³/mol. The van der Waals surface area contributed by atoms with E-state index in [2.05, 4.69) is 5.32 Å². The molecule has 1 aromatic rings. The summed E-state index contributed by atoms with van der Waals surface area (Å²) in [5, 5.41) is 3.00. The minimum absolute atomic E-state index is 0.139. The Morgan fingerprint density at radius 3 is 2.15 bits per heavy atom. The van der Waals surface area contributed by atoms with Crippen LogP contribution in [-0.2, 0) is 14.3 Å². The van der Waals surface area contributed by atoms with Crippen molar-refractivity contribution in [3.8, 4) is 0 Å². The van der Waals surface area contributed by atoms with Gasteiger partial charge >= 0.3 is 5.97 Å². The lowest BCUT2D eigenvalue weighted by atomic mass is 9.49. The minimum Gasteiger partial charge on any atom is -0.447 e. The van der Waals surface area contributed by atoms with Gasteiger partial charge in [0.25, 0.3) is 5.91 Å². The second-order valence-electron chi connectivity index (χ2n) is 9.66. The van der Waals surface area contributed by atoms with Crippen molar-refractivity contribution in [1.82, 2.24) is 5.32 Å². The van der Waals surface area contributed by atoms with E-state index in [1.807, 2.05) is 30.3 Å². The average Bonchev–Trinajstić information content (AvgIpc) is 3.42. The van der Waals surface area contributed by atoms with E-state index in [0.29, 0.717) is 6.42 Å². The molecule has 1 N–H and O–H groups in total. The summed E-state index contributed by atoms with van der Waals surface area (Å²) in [7, 11) is 0. The quantitative estimate of drug-likeness (QED) is 0.768. The molecule has 0 aliphatic heterocycles. The second kappa shape index (κ2) is 6.65. The topological polar surface area (TPSA) is 55.4 Å². The largest absolute Gasteiger partial charge is 0.447 e. The standard InChI is InChI=1S/C23H29NO3/c25-20(14-23-11-15-8-16(12-23)10-17(9-15)13-23)27-21(18-4-2-1-3-5-18)22(26)24-19-6-7-19/h1-5,15-17,19,21H,6-14H2,(H,24,26)/t15?,16?,17?,21-,23?/m0/s1. The zero-order valence-electron chi connectivity index (χ0n) is 15.9. The van der Waals surface area contributed by atoms with Crippen molar-refractivity contribution in [2.75, 3.05) is 0 Å². The monoisotopic (exact) mass is 367 g/mol. The molecule has 144 valence electrons. The van der Waals surface area contributed by atoms with Gasteiger partial charge < -0.3 is 10.1 Å². The SMILES string of the molecule is O=C(CC12CC3CC(CC(C3)C1)C2)O[C@H](C(=O)NC1CC1)c1ccccc1. The van der Waals surface area contributed by atoms with Crippen LogP contribution in [0.4, 0.5) is 0 Å². The number of hydrogen-bond acceptors (Lipinski definition) is 3. The maximum atomic E-state index is 12.9. The van der Waals surface area contributed by atoms with Gasteiger partial charge in [0, 0.05) is 11.6 Å². The summed E-state index contributed by atoms with van der Waals surface area (Å²) in [5.41, 5.74) is 0.898. The van der Waals surface area contributed by atoms with Crippen molar-refractivity contribution in [3.63, 3.8) is 0 Å². The lowest BCUT2D eigenvalue weighted by molar-refractivity contribution is -0.163. The third kappa shape index (κ3) is 3.63. The molecule has 5 fully saturated rings. The molecule has 0 saturated heterocycles. The van der Waals surface area contributed by atoms with Crippen molar-refractivity contribution in [2.24, 2.45) is 23.2 Å². The van der Waals surface area contributed by atoms with Crippen LogP contribution < -0.4 is 5.32 Å². The van der Waals surface area contributed by atoms with Crippen molar-refractivity contribution >= 4 is 11.9 Å². The molecule has 6 rings (SSSR count). The van der Waals surface area contributed by atoms with E-state index < -0.39 is 6.10 Å². The zero-order valence-corrected chi connectivity index (χ0v) is 15.9. The van der Waals surface area contributed by atoms with Gasteiger partial charge in [0.05, 0.1) is 6.42 Å². The Labute approximate surface area is 161 Å². The first-order valence-corrected chi connectivity index (χ1v) is 10.6. The summed E-state index contributed by atoms with van der Waals surface area (Å²) in [5.74, 6) is 2.06. The van der Waals surface area contributed by atoms with Gasteiger partial charge in [0.1, 0.15) is 0 Å². The van der Waals surface area contributed by atoms with Crippen molar-refractivity contribution in [2.45, 2.75) is 69.9 Å². The number of hydrogen-bond donors (Lipinski definition) is 1. The second-order valence-corrected chi connectivity index (χ2v) is 9.66. The van der Waals surface area contributed by atoms with E-state index >= 15 is 0 Å². The molecule has 1 aromatic carbocycles. The van der Waals surface area contributed by atoms with Crippen LogP contribution in [0.5, 0.6) is 0 Å². The number of ether oxygens (including phenoxy) is 1. The van der Waals surface area contributed by atoms with E-state index in [4.69, 9.17) is 4.74 Å². The van der Waals surface area contributed by atoms with Crippen molar-refractivity contribution < 1.29 is 14.3 Å². The zero-order chi connectivity index (χ0) is 18.4. The molecule has 4 bridgehead atoms. The Balaban J connectivity index is 1.29. The third-order valence-electron chi connectivity index (χ3n) is 7.20. The number of carbonyl (C=O) groups excluding carboxylic acids is 2. The molecule has 0 radical (unpaired) electrons. The number of benzene rings is 1. The molecule has 1 atom stereocenters. The Kier molecular flexibility index (Phi) is 4.25. The van der Waals surface area contributed by atoms with Crippen LogP contribution in [0.25, 0.3) is 0 Å². The fourth-order valence-electron chi connectivity index (χ4n) is 6.39. The molecule has 4 nitrogen and oxygen atoms in total. The highest BCUT2D eigenvalue weighted by atomic mass is 16.5. The molecular formula is C23H29NO3. The fraction of sp³-hybridized carbons (Fsp3) is 0.652. The molecule has 5 saturated carbocycles. The maximum Gasteiger partial charge on any atom is 0.307 e. The van der Waals surface area contributed by atoms with Gasteiger partial charge in [0.15, 0.2) is 0 Å². The van der Waals surface area contributed by atoms with Gasteiger partial charge in [0.2, 0.25) is 6.10 Å². The number of amides is 1. The van der Waals surface area contributed by atoms with Crippen LogP contribution in [0.15, 0.2) is 30.3 Å². The highest BCUT2D eigenvalue weighted by Crippen LogP contribution is 2.61. The van der Waals surface area contributed by atoms with Crippen molar-refractivity contribution in [3.05, 3.63) is 35.9 Å². The van der Waals surface area contributed by atoms with Crippen LogP contribution in [0.3, 0.4) is 0 Å². The van der Waals surface area contributed by atoms with Gasteiger partial charge in [-0.2, -0.15) is 0 Å². The third-order valence-corrected chi connectivity index (χ3v) is 7.20. The molecule has 5 aliphatic rings. The number of rotatable bonds is 6. The molecule has 0 spiro atoms. The molecule has 4 heteroatoms. The Bertz CT molecular complexity index is 689. The van der Waals surface area contributed by atoms with Gasteiger partial charge in [-0.15, -0.1) is 0 Å². The van der Waals surface area contributed by atoms with Crippen LogP contribution >= 0.6 is 0 Å². The summed E-state index contributed by atoms with van der Waals surface area (Å²) < 4.78 is 5.82. The normalized spacial score (nSPS) is 34.9. The lowest BCUT2D eigenvalue weighted by Crippen LogP contribution is -2.47. The maximum absolute atomic E-state index is 12.9. The highest BCUT2D eigenvalue weighted by Gasteiger charge is 2.52. The summed E-state index contributed by atoms with van der Waals surface area (Å²) in [6, 6.07) is 9.69. The minimum atomic E-state index is -0.826. The lowest BCUT2D eigenvalue weighted by Gasteiger charge is -2.56. The van der Waals surface area contributed by atoms with Crippen LogP contribution in [0.2, 0.25) is 0 Å². The van der Waals surface area contributed by atoms with Gasteiger partial charge in [-0.25, -0.2) is 0 Å². The van der Waals surface area contributed by atoms with E-state index in [0.717, 1.165) is 36.2 Å². The summed E-state index contributed by atoms with van der Waals surface area (Å²) in [6.07, 6.45) is 9.34. The first kappa shape index (κ1) is 17.3. The number of nitrogens with one attached hydrogen (secondary N) is 1. The van der Waals surface area contributed by atoms with E-state index in [1.165, 1.54) is 38.5 Å². The molecule has 1 amide bonds.